The number of benzene rings is 1. The first-order valence-corrected chi connectivity index (χ1v) is 11.9. The molecule has 0 fully saturated rings. The highest BCUT2D eigenvalue weighted by Gasteiger charge is 2.29. The monoisotopic (exact) mass is 477 g/mol. The second-order valence-corrected chi connectivity index (χ2v) is 11.7. The zero-order chi connectivity index (χ0) is 26.3. The van der Waals surface area contributed by atoms with Crippen LogP contribution < -0.4 is 10.5 Å². The van der Waals surface area contributed by atoms with E-state index in [0.29, 0.717) is 6.42 Å². The zero-order valence-corrected chi connectivity index (χ0v) is 22.3. The Hall–Kier alpha value is -2.41. The fourth-order valence-electron chi connectivity index (χ4n) is 3.14. The fraction of sp³-hybridized carbons (Fsp3) is 0.667. The lowest BCUT2D eigenvalue weighted by molar-refractivity contribution is -0.161. The predicted molar refractivity (Wildman–Crippen MR) is 133 cm³/mol. The highest BCUT2D eigenvalue weighted by Crippen LogP contribution is 2.23. The van der Waals surface area contributed by atoms with E-state index in [2.05, 4.69) is 0 Å². The molecule has 2 atom stereocenters. The summed E-state index contributed by atoms with van der Waals surface area (Å²) < 4.78 is 16.7. The highest BCUT2D eigenvalue weighted by atomic mass is 16.6. The summed E-state index contributed by atoms with van der Waals surface area (Å²) in [5.74, 6) is -1.02. The summed E-state index contributed by atoms with van der Waals surface area (Å²) in [4.78, 5) is 37.6. The molecule has 0 heterocycles. The van der Waals surface area contributed by atoms with Gasteiger partial charge in [-0.15, -0.1) is 0 Å². The average molecular weight is 478 g/mol. The highest BCUT2D eigenvalue weighted by molar-refractivity contribution is 5.85. The summed E-state index contributed by atoms with van der Waals surface area (Å²) in [5, 5.41) is 0. The van der Waals surface area contributed by atoms with E-state index in [0.717, 1.165) is 11.3 Å². The summed E-state index contributed by atoms with van der Waals surface area (Å²) >= 11 is 0. The van der Waals surface area contributed by atoms with Gasteiger partial charge >= 0.3 is 11.9 Å². The van der Waals surface area contributed by atoms with Crippen LogP contribution in [-0.2, 0) is 30.3 Å². The Labute approximate surface area is 204 Å². The maximum atomic E-state index is 12.9. The third kappa shape index (κ3) is 12.7. The topological polar surface area (TPSA) is 105 Å². The van der Waals surface area contributed by atoms with Crippen LogP contribution in [-0.4, -0.2) is 40.6 Å². The number of carbonyl (C=O) groups is 3. The minimum absolute atomic E-state index is 0.0101. The van der Waals surface area contributed by atoms with Crippen LogP contribution >= 0.6 is 0 Å². The van der Waals surface area contributed by atoms with E-state index in [4.69, 9.17) is 19.9 Å². The smallest absolute Gasteiger partial charge is 0.323 e. The quantitative estimate of drug-likeness (QED) is 0.484. The van der Waals surface area contributed by atoms with E-state index in [9.17, 15) is 14.4 Å². The first kappa shape index (κ1) is 29.6. The third-order valence-electron chi connectivity index (χ3n) is 4.49. The molecule has 0 spiro atoms. The Morgan fingerprint density at radius 1 is 0.794 bits per heavy atom. The standard InChI is InChI=1S/C27H43NO6/c1-25(2,3)32-21-13-10-18(11-14-21)16-19(23(30)33-26(4,5)6)17-20(29)12-15-22(28)24(31)34-27(7,8)9/h10-11,13-14,19,22H,12,15-17,28H2,1-9H3/t19-,22-/m1/s1. The SMILES string of the molecule is CC(C)(C)OC(=O)[C@@H](CC(=O)CC[C@@H](N)C(=O)OC(C)(C)C)Cc1ccc(OC(C)(C)C)cc1. The van der Waals surface area contributed by atoms with Gasteiger partial charge in [-0.3, -0.25) is 14.4 Å². The molecule has 0 saturated carbocycles. The normalized spacial score (nSPS) is 14.2. The number of rotatable bonds is 10. The lowest BCUT2D eigenvalue weighted by Crippen LogP contribution is -2.37. The molecule has 34 heavy (non-hydrogen) atoms. The third-order valence-corrected chi connectivity index (χ3v) is 4.49. The van der Waals surface area contributed by atoms with Gasteiger partial charge in [-0.25, -0.2) is 0 Å². The van der Waals surface area contributed by atoms with E-state index in [-0.39, 0.29) is 30.6 Å². The Morgan fingerprint density at radius 3 is 1.76 bits per heavy atom. The van der Waals surface area contributed by atoms with Gasteiger partial charge in [-0.2, -0.15) is 0 Å². The number of ether oxygens (including phenoxy) is 3. The molecule has 0 bridgehead atoms. The minimum atomic E-state index is -0.890. The number of esters is 2. The second kappa shape index (κ2) is 11.8. The molecule has 7 nitrogen and oxygen atoms in total. The van der Waals surface area contributed by atoms with Crippen molar-refractivity contribution in [1.82, 2.24) is 0 Å². The first-order valence-electron chi connectivity index (χ1n) is 11.9. The van der Waals surface area contributed by atoms with Gasteiger partial charge in [0.25, 0.3) is 0 Å². The van der Waals surface area contributed by atoms with E-state index in [1.165, 1.54) is 0 Å². The Bertz CT molecular complexity index is 825. The molecule has 7 heteroatoms. The van der Waals surface area contributed by atoms with Crippen LogP contribution in [0.2, 0.25) is 0 Å². The molecule has 0 amide bonds. The molecule has 1 aromatic rings. The molecule has 1 aromatic carbocycles. The molecule has 0 aliphatic rings. The molecule has 0 unspecified atom stereocenters. The van der Waals surface area contributed by atoms with Crippen LogP contribution in [0.5, 0.6) is 5.75 Å². The molecule has 0 aliphatic carbocycles. The molecule has 2 N–H and O–H groups in total. The van der Waals surface area contributed by atoms with E-state index >= 15 is 0 Å². The summed E-state index contributed by atoms with van der Waals surface area (Å²) in [6.45, 7) is 16.6. The summed E-state index contributed by atoms with van der Waals surface area (Å²) in [6, 6.07) is 6.60. The van der Waals surface area contributed by atoms with Gasteiger partial charge in [-0.05, 0) is 92.9 Å². The number of hydrogen-bond acceptors (Lipinski definition) is 7. The summed E-state index contributed by atoms with van der Waals surface area (Å²) in [6.07, 6.45) is 0.608. The number of ketones is 1. The molecule has 0 aromatic heterocycles. The van der Waals surface area contributed by atoms with Crippen LogP contribution in [0.1, 0.15) is 87.1 Å². The van der Waals surface area contributed by atoms with Crippen LogP contribution in [0.4, 0.5) is 0 Å². The van der Waals surface area contributed by atoms with Crippen LogP contribution in [0.15, 0.2) is 24.3 Å². The van der Waals surface area contributed by atoms with Crippen molar-refractivity contribution in [2.24, 2.45) is 11.7 Å². The van der Waals surface area contributed by atoms with Gasteiger partial charge < -0.3 is 19.9 Å². The number of carbonyl (C=O) groups excluding carboxylic acids is 3. The predicted octanol–water partition coefficient (Wildman–Crippen LogP) is 4.77. The Morgan fingerprint density at radius 2 is 1.29 bits per heavy atom. The van der Waals surface area contributed by atoms with Crippen molar-refractivity contribution in [3.8, 4) is 5.75 Å². The van der Waals surface area contributed by atoms with Crippen molar-refractivity contribution in [2.75, 3.05) is 0 Å². The Kier molecular flexibility index (Phi) is 10.3. The number of hydrogen-bond donors (Lipinski definition) is 1. The van der Waals surface area contributed by atoms with Crippen molar-refractivity contribution in [1.29, 1.82) is 0 Å². The number of nitrogens with two attached hydrogens (primary N) is 1. The molecular formula is C27H43NO6. The molecule has 0 aliphatic heterocycles. The largest absolute Gasteiger partial charge is 0.488 e. The van der Waals surface area contributed by atoms with Gasteiger partial charge in [0.1, 0.15) is 34.4 Å². The lowest BCUT2D eigenvalue weighted by Gasteiger charge is -2.24. The van der Waals surface area contributed by atoms with Gasteiger partial charge in [0, 0.05) is 12.8 Å². The number of Topliss-reactive ketones (excluding diaryl/α,β-unsaturated/α-hetero) is 1. The van der Waals surface area contributed by atoms with Gasteiger partial charge in [0.05, 0.1) is 5.92 Å². The molecule has 192 valence electrons. The van der Waals surface area contributed by atoms with Crippen LogP contribution in [0.25, 0.3) is 0 Å². The minimum Gasteiger partial charge on any atom is -0.488 e. The van der Waals surface area contributed by atoms with Gasteiger partial charge in [0.15, 0.2) is 0 Å². The maximum Gasteiger partial charge on any atom is 0.323 e. The lowest BCUT2D eigenvalue weighted by atomic mass is 9.92. The van der Waals surface area contributed by atoms with Gasteiger partial charge in [0.2, 0.25) is 0 Å². The van der Waals surface area contributed by atoms with Crippen molar-refractivity contribution >= 4 is 17.7 Å². The van der Waals surface area contributed by atoms with E-state index in [1.807, 2.05) is 45.0 Å². The van der Waals surface area contributed by atoms with Gasteiger partial charge in [-0.1, -0.05) is 12.1 Å². The summed E-state index contributed by atoms with van der Waals surface area (Å²) in [5.41, 5.74) is 5.17. The van der Waals surface area contributed by atoms with Crippen molar-refractivity contribution in [3.05, 3.63) is 29.8 Å². The molecule has 1 rings (SSSR count). The zero-order valence-electron chi connectivity index (χ0n) is 22.3. The molecule has 0 saturated heterocycles. The first-order chi connectivity index (χ1) is 15.3. The van der Waals surface area contributed by atoms with Crippen molar-refractivity contribution in [2.45, 2.75) is 111 Å². The van der Waals surface area contributed by atoms with Crippen molar-refractivity contribution < 1.29 is 28.6 Å². The Balaban J connectivity index is 2.83. The average Bonchev–Trinajstić information content (AvgIpc) is 2.63. The van der Waals surface area contributed by atoms with Crippen LogP contribution in [0, 0.1) is 5.92 Å². The molecular weight excluding hydrogens is 434 g/mol. The van der Waals surface area contributed by atoms with E-state index < -0.39 is 35.1 Å². The second-order valence-electron chi connectivity index (χ2n) is 11.7. The summed E-state index contributed by atoms with van der Waals surface area (Å²) in [7, 11) is 0. The maximum absolute atomic E-state index is 12.9. The van der Waals surface area contributed by atoms with E-state index in [1.54, 1.807) is 41.5 Å². The van der Waals surface area contributed by atoms with Crippen LogP contribution in [0.3, 0.4) is 0 Å². The van der Waals surface area contributed by atoms with Crippen molar-refractivity contribution in [3.63, 3.8) is 0 Å². The fourth-order valence-corrected chi connectivity index (χ4v) is 3.14. The molecule has 0 radical (unpaired) electrons.